The number of ether oxygens (including phenoxy) is 1. The summed E-state index contributed by atoms with van der Waals surface area (Å²) in [6.07, 6.45) is 5.22. The first kappa shape index (κ1) is 21.1. The van der Waals surface area contributed by atoms with Gasteiger partial charge < -0.3 is 9.30 Å². The molecule has 0 saturated carbocycles. The first-order valence-corrected chi connectivity index (χ1v) is 10.1. The van der Waals surface area contributed by atoms with Gasteiger partial charge in [-0.15, -0.1) is 0 Å². The van der Waals surface area contributed by atoms with Crippen LogP contribution in [0.3, 0.4) is 0 Å². The number of para-hydroxylation sites is 1. The topological polar surface area (TPSA) is 72.7 Å². The lowest BCUT2D eigenvalue weighted by Gasteiger charge is -2.09. The Morgan fingerprint density at radius 2 is 1.66 bits per heavy atom. The van der Waals surface area contributed by atoms with Crippen molar-refractivity contribution >= 4 is 29.7 Å². The highest BCUT2D eigenvalue weighted by Crippen LogP contribution is 2.17. The van der Waals surface area contributed by atoms with E-state index in [0.29, 0.717) is 27.5 Å². The minimum Gasteiger partial charge on any atom is -0.423 e. The Balaban J connectivity index is 1.42. The summed E-state index contributed by atoms with van der Waals surface area (Å²) in [4.78, 5) is 24.9. The fraction of sp³-hybridized carbons (Fsp3) is 0. The molecule has 0 unspecified atom stereocenters. The number of benzene rings is 3. The van der Waals surface area contributed by atoms with E-state index in [0.717, 1.165) is 5.69 Å². The molecule has 1 amide bonds. The first-order valence-electron chi connectivity index (χ1n) is 9.74. The number of amides is 1. The highest BCUT2D eigenvalue weighted by molar-refractivity contribution is 6.30. The zero-order valence-electron chi connectivity index (χ0n) is 16.8. The lowest BCUT2D eigenvalue weighted by Crippen LogP contribution is -2.19. The number of hydrogen-bond acceptors (Lipinski definition) is 4. The number of esters is 1. The molecule has 0 aliphatic heterocycles. The Hall–Kier alpha value is -4.16. The van der Waals surface area contributed by atoms with Gasteiger partial charge in [0.2, 0.25) is 0 Å². The van der Waals surface area contributed by atoms with Crippen molar-refractivity contribution in [3.05, 3.63) is 119 Å². The number of rotatable bonds is 6. The maximum Gasteiger partial charge on any atom is 0.343 e. The molecule has 7 heteroatoms. The van der Waals surface area contributed by atoms with Gasteiger partial charge >= 0.3 is 5.97 Å². The van der Waals surface area contributed by atoms with Crippen LogP contribution in [0.5, 0.6) is 5.75 Å². The van der Waals surface area contributed by atoms with E-state index in [-0.39, 0.29) is 5.91 Å². The van der Waals surface area contributed by atoms with Crippen molar-refractivity contribution in [3.63, 3.8) is 0 Å². The van der Waals surface area contributed by atoms with Crippen LogP contribution in [-0.2, 0) is 0 Å². The number of carbonyl (C=O) groups is 2. The van der Waals surface area contributed by atoms with Gasteiger partial charge in [-0.1, -0.05) is 35.9 Å². The van der Waals surface area contributed by atoms with Gasteiger partial charge in [0.05, 0.1) is 23.0 Å². The monoisotopic (exact) mass is 443 g/mol. The minimum absolute atomic E-state index is 0.337. The molecular weight excluding hydrogens is 426 g/mol. The molecule has 1 N–H and O–H groups in total. The van der Waals surface area contributed by atoms with Crippen molar-refractivity contribution in [1.82, 2.24) is 9.99 Å². The van der Waals surface area contributed by atoms with Gasteiger partial charge in [0.1, 0.15) is 5.75 Å². The van der Waals surface area contributed by atoms with Crippen LogP contribution in [-0.4, -0.2) is 22.7 Å². The summed E-state index contributed by atoms with van der Waals surface area (Å²) in [7, 11) is 0. The van der Waals surface area contributed by atoms with Crippen LogP contribution in [0.2, 0.25) is 5.02 Å². The van der Waals surface area contributed by atoms with Crippen molar-refractivity contribution < 1.29 is 14.3 Å². The molecule has 158 valence electrons. The van der Waals surface area contributed by atoms with Crippen molar-refractivity contribution in [2.24, 2.45) is 5.10 Å². The van der Waals surface area contributed by atoms with Gasteiger partial charge in [-0.3, -0.25) is 4.79 Å². The average Bonchev–Trinajstić information content (AvgIpc) is 3.34. The predicted molar refractivity (Wildman–Crippen MR) is 124 cm³/mol. The fourth-order valence-electron chi connectivity index (χ4n) is 3.02. The normalized spacial score (nSPS) is 10.8. The smallest absolute Gasteiger partial charge is 0.343 e. The van der Waals surface area contributed by atoms with Gasteiger partial charge in [-0.25, -0.2) is 10.2 Å². The van der Waals surface area contributed by atoms with Crippen molar-refractivity contribution in [1.29, 1.82) is 0 Å². The number of halogens is 1. The number of hydrazone groups is 1. The quantitative estimate of drug-likeness (QED) is 0.195. The summed E-state index contributed by atoms with van der Waals surface area (Å²) in [5.74, 6) is -0.472. The van der Waals surface area contributed by atoms with E-state index >= 15 is 0 Å². The third kappa shape index (κ3) is 5.11. The number of hydrogen-bond donors (Lipinski definition) is 1. The SMILES string of the molecule is O=C(Oc1cccc(/C=N\NC(=O)c2ccccc2-n2cccc2)c1)c1ccc(Cl)cc1. The second-order valence-electron chi connectivity index (χ2n) is 6.78. The van der Waals surface area contributed by atoms with Crippen LogP contribution in [0.1, 0.15) is 26.3 Å². The second-order valence-corrected chi connectivity index (χ2v) is 7.21. The van der Waals surface area contributed by atoms with E-state index in [9.17, 15) is 9.59 Å². The van der Waals surface area contributed by atoms with Gasteiger partial charge in [-0.05, 0) is 66.2 Å². The molecule has 0 atom stereocenters. The Kier molecular flexibility index (Phi) is 6.43. The molecule has 4 rings (SSSR count). The average molecular weight is 444 g/mol. The van der Waals surface area contributed by atoms with E-state index in [4.69, 9.17) is 16.3 Å². The lowest BCUT2D eigenvalue weighted by atomic mass is 10.1. The molecule has 0 radical (unpaired) electrons. The highest BCUT2D eigenvalue weighted by Gasteiger charge is 2.11. The summed E-state index contributed by atoms with van der Waals surface area (Å²) >= 11 is 5.84. The van der Waals surface area contributed by atoms with E-state index < -0.39 is 5.97 Å². The molecule has 0 saturated heterocycles. The predicted octanol–water partition coefficient (Wildman–Crippen LogP) is 5.11. The third-order valence-corrected chi connectivity index (χ3v) is 4.81. The molecule has 4 aromatic rings. The summed E-state index contributed by atoms with van der Waals surface area (Å²) < 4.78 is 7.26. The van der Waals surface area contributed by atoms with Gasteiger partial charge in [0.25, 0.3) is 5.91 Å². The van der Waals surface area contributed by atoms with E-state index in [1.165, 1.54) is 6.21 Å². The van der Waals surface area contributed by atoms with Gasteiger partial charge in [-0.2, -0.15) is 5.10 Å². The van der Waals surface area contributed by atoms with Crippen LogP contribution in [0.25, 0.3) is 5.69 Å². The van der Waals surface area contributed by atoms with Gasteiger partial charge in [0.15, 0.2) is 0 Å². The van der Waals surface area contributed by atoms with Crippen LogP contribution in [0.4, 0.5) is 0 Å². The van der Waals surface area contributed by atoms with Crippen LogP contribution >= 0.6 is 11.6 Å². The molecule has 1 aromatic heterocycles. The second kappa shape index (κ2) is 9.76. The Morgan fingerprint density at radius 1 is 0.906 bits per heavy atom. The Morgan fingerprint density at radius 3 is 2.44 bits per heavy atom. The van der Waals surface area contributed by atoms with Crippen molar-refractivity contribution in [3.8, 4) is 11.4 Å². The number of nitrogens with zero attached hydrogens (tertiary/aromatic N) is 2. The standard InChI is InChI=1S/C25H18ClN3O3/c26-20-12-10-19(11-13-20)25(31)32-21-7-5-6-18(16-21)17-27-28-24(30)22-8-1-2-9-23(22)29-14-3-4-15-29/h1-17H,(H,28,30)/b27-17-. The summed E-state index contributed by atoms with van der Waals surface area (Å²) in [5, 5.41) is 4.58. The molecule has 0 spiro atoms. The molecule has 0 aliphatic rings. The van der Waals surface area contributed by atoms with Crippen LogP contribution in [0, 0.1) is 0 Å². The van der Waals surface area contributed by atoms with Crippen molar-refractivity contribution in [2.75, 3.05) is 0 Å². The van der Waals surface area contributed by atoms with Gasteiger partial charge in [0, 0.05) is 17.4 Å². The van der Waals surface area contributed by atoms with E-state index in [2.05, 4.69) is 10.5 Å². The number of carbonyl (C=O) groups excluding carboxylic acids is 2. The summed E-state index contributed by atoms with van der Waals surface area (Å²) in [6.45, 7) is 0. The highest BCUT2D eigenvalue weighted by atomic mass is 35.5. The van der Waals surface area contributed by atoms with Crippen LogP contribution in [0.15, 0.2) is 102 Å². The van der Waals surface area contributed by atoms with E-state index in [1.54, 1.807) is 60.7 Å². The first-order chi connectivity index (χ1) is 15.6. The largest absolute Gasteiger partial charge is 0.423 e. The Labute approximate surface area is 189 Å². The summed E-state index contributed by atoms with van der Waals surface area (Å²) in [6, 6.07) is 24.3. The molecule has 0 aliphatic carbocycles. The number of nitrogens with one attached hydrogen (secondary N) is 1. The molecule has 6 nitrogen and oxygen atoms in total. The fourth-order valence-corrected chi connectivity index (χ4v) is 3.15. The lowest BCUT2D eigenvalue weighted by molar-refractivity contribution is 0.0734. The minimum atomic E-state index is -0.495. The Bertz CT molecular complexity index is 1270. The molecule has 32 heavy (non-hydrogen) atoms. The molecular formula is C25H18ClN3O3. The molecule has 3 aromatic carbocycles. The van der Waals surface area contributed by atoms with E-state index in [1.807, 2.05) is 41.2 Å². The van der Waals surface area contributed by atoms with Crippen LogP contribution < -0.4 is 10.2 Å². The summed E-state index contributed by atoms with van der Waals surface area (Å²) in [5.41, 5.74) is 4.83. The molecule has 0 fully saturated rings. The maximum absolute atomic E-state index is 12.6. The maximum atomic E-state index is 12.6. The zero-order chi connectivity index (χ0) is 22.3. The van der Waals surface area contributed by atoms with Crippen molar-refractivity contribution in [2.45, 2.75) is 0 Å². The molecule has 1 heterocycles. The molecule has 0 bridgehead atoms. The third-order valence-electron chi connectivity index (χ3n) is 4.56. The number of aromatic nitrogens is 1. The zero-order valence-corrected chi connectivity index (χ0v) is 17.6.